The van der Waals surface area contributed by atoms with Gasteiger partial charge in [-0.2, -0.15) is 0 Å². The number of hydrogen-bond acceptors (Lipinski definition) is 1. The van der Waals surface area contributed by atoms with Gasteiger partial charge in [-0.25, -0.2) is 0 Å². The molecule has 0 saturated carbocycles. The molecule has 0 aliphatic rings. The van der Waals surface area contributed by atoms with Gasteiger partial charge in [0.05, 0.1) is 0 Å². The summed E-state index contributed by atoms with van der Waals surface area (Å²) in [6.45, 7) is 5.28. The molecule has 0 spiro atoms. The Morgan fingerprint density at radius 3 is 2.25 bits per heavy atom. The Balaban J connectivity index is 2.73. The van der Waals surface area contributed by atoms with Crippen LogP contribution in [0.1, 0.15) is 52.4 Å². The third kappa shape index (κ3) is 10.7. The van der Waals surface area contributed by atoms with Crippen LogP contribution in [0.4, 0.5) is 0 Å². The standard InChI is InChI=1S/C8H17.C2H5O.Ti/c1-3-5-7-8-6-4-2;1-2-3;/h1,3-8H2,2H3;2H2,1H3;/q;-1;+1. The summed E-state index contributed by atoms with van der Waals surface area (Å²) in [5.41, 5.74) is 0. The number of rotatable bonds is 9. The van der Waals surface area contributed by atoms with E-state index in [0.29, 0.717) is 0 Å². The molecule has 0 amide bonds. The Morgan fingerprint density at radius 1 is 0.917 bits per heavy atom. The van der Waals surface area contributed by atoms with Crippen molar-refractivity contribution in [3.63, 3.8) is 0 Å². The maximum absolute atomic E-state index is 5.39. The second-order valence-electron chi connectivity index (χ2n) is 3.10. The molecule has 0 saturated heterocycles. The summed E-state index contributed by atoms with van der Waals surface area (Å²) in [7, 11) is 0. The van der Waals surface area contributed by atoms with Crippen molar-refractivity contribution in [1.29, 1.82) is 0 Å². The number of hydrogen-bond donors (Lipinski definition) is 0. The van der Waals surface area contributed by atoms with Crippen molar-refractivity contribution in [3.8, 4) is 0 Å². The summed E-state index contributed by atoms with van der Waals surface area (Å²) >= 11 is -0.0191. The normalized spacial score (nSPS) is 10.2. The zero-order valence-electron chi connectivity index (χ0n) is 8.57. The second kappa shape index (κ2) is 11.7. The fraction of sp³-hybridized carbons (Fsp3) is 1.00. The minimum atomic E-state index is -0.0191. The Bertz CT molecular complexity index is 66.2. The molecule has 1 nitrogen and oxygen atoms in total. The van der Waals surface area contributed by atoms with Crippen LogP contribution >= 0.6 is 0 Å². The molecule has 0 aliphatic carbocycles. The molecule has 0 atom stereocenters. The van der Waals surface area contributed by atoms with Gasteiger partial charge in [-0.15, -0.1) is 0 Å². The van der Waals surface area contributed by atoms with Crippen LogP contribution in [0.15, 0.2) is 0 Å². The summed E-state index contributed by atoms with van der Waals surface area (Å²) in [4.78, 5) is 0. The molecule has 2 heteroatoms. The molecule has 0 heterocycles. The zero-order valence-corrected chi connectivity index (χ0v) is 10.1. The van der Waals surface area contributed by atoms with E-state index >= 15 is 0 Å². The van der Waals surface area contributed by atoms with E-state index in [-0.39, 0.29) is 19.5 Å². The topological polar surface area (TPSA) is 9.23 Å². The van der Waals surface area contributed by atoms with Crippen molar-refractivity contribution in [1.82, 2.24) is 0 Å². The van der Waals surface area contributed by atoms with Gasteiger partial charge in [0.25, 0.3) is 0 Å². The first-order valence-corrected chi connectivity index (χ1v) is 7.00. The minimum absolute atomic E-state index is 0.0191. The first-order valence-electron chi connectivity index (χ1n) is 5.26. The van der Waals surface area contributed by atoms with E-state index < -0.39 is 0 Å². The third-order valence-electron chi connectivity index (χ3n) is 1.88. The third-order valence-corrected chi connectivity index (χ3v) is 3.52. The molecule has 12 heavy (non-hydrogen) atoms. The first kappa shape index (κ1) is 12.7. The van der Waals surface area contributed by atoms with Gasteiger partial charge in [0, 0.05) is 0 Å². The summed E-state index contributed by atoms with van der Waals surface area (Å²) in [5.74, 6) is 0. The molecule has 0 radical (unpaired) electrons. The van der Waals surface area contributed by atoms with Crippen molar-refractivity contribution in [2.24, 2.45) is 0 Å². The summed E-state index contributed by atoms with van der Waals surface area (Å²) in [6.07, 6.45) is 8.48. The van der Waals surface area contributed by atoms with Crippen LogP contribution in [0, 0.1) is 0 Å². The van der Waals surface area contributed by atoms with Gasteiger partial charge in [0.2, 0.25) is 0 Å². The Morgan fingerprint density at radius 2 is 1.58 bits per heavy atom. The quantitative estimate of drug-likeness (QED) is 0.412. The van der Waals surface area contributed by atoms with Crippen LogP contribution in [0.25, 0.3) is 0 Å². The van der Waals surface area contributed by atoms with Crippen LogP contribution in [0.2, 0.25) is 4.73 Å². The van der Waals surface area contributed by atoms with Gasteiger partial charge >= 0.3 is 86.6 Å². The molecular weight excluding hydrogens is 184 g/mol. The molecular formula is C10H22OTi. The molecule has 0 aromatic heterocycles. The van der Waals surface area contributed by atoms with Crippen LogP contribution in [0.3, 0.4) is 0 Å². The van der Waals surface area contributed by atoms with E-state index in [2.05, 4.69) is 13.8 Å². The van der Waals surface area contributed by atoms with E-state index in [9.17, 15) is 0 Å². The molecule has 0 aliphatic heterocycles. The van der Waals surface area contributed by atoms with Crippen molar-refractivity contribution < 1.29 is 22.9 Å². The maximum atomic E-state index is 5.39. The van der Waals surface area contributed by atoms with E-state index in [1.165, 1.54) is 43.3 Å². The van der Waals surface area contributed by atoms with Gasteiger partial charge in [-0.05, 0) is 0 Å². The Kier molecular flexibility index (Phi) is 12.3. The Labute approximate surface area is 86.7 Å². The fourth-order valence-electron chi connectivity index (χ4n) is 1.15. The number of unbranched alkanes of at least 4 members (excludes halogenated alkanes) is 5. The average molecular weight is 206 g/mol. The van der Waals surface area contributed by atoms with E-state index in [4.69, 9.17) is 3.32 Å². The predicted octanol–water partition coefficient (Wildman–Crippen LogP) is 3.80. The van der Waals surface area contributed by atoms with Crippen LogP contribution < -0.4 is 0 Å². The average Bonchev–Trinajstić information content (AvgIpc) is 2.10. The van der Waals surface area contributed by atoms with Crippen molar-refractivity contribution >= 4 is 0 Å². The molecule has 0 bridgehead atoms. The van der Waals surface area contributed by atoms with E-state index in [1.807, 2.05) is 0 Å². The monoisotopic (exact) mass is 206 g/mol. The molecule has 0 N–H and O–H groups in total. The van der Waals surface area contributed by atoms with Gasteiger partial charge in [0.15, 0.2) is 0 Å². The van der Waals surface area contributed by atoms with Crippen molar-refractivity contribution in [3.05, 3.63) is 0 Å². The van der Waals surface area contributed by atoms with Crippen molar-refractivity contribution in [2.45, 2.75) is 57.1 Å². The van der Waals surface area contributed by atoms with Crippen molar-refractivity contribution in [2.75, 3.05) is 6.61 Å². The first-order chi connectivity index (χ1) is 5.91. The van der Waals surface area contributed by atoms with Crippen LogP contribution in [-0.4, -0.2) is 6.61 Å². The second-order valence-corrected chi connectivity index (χ2v) is 4.78. The molecule has 0 aromatic carbocycles. The molecule has 0 rings (SSSR count). The summed E-state index contributed by atoms with van der Waals surface area (Å²) < 4.78 is 6.76. The van der Waals surface area contributed by atoms with Gasteiger partial charge < -0.3 is 0 Å². The summed E-state index contributed by atoms with van der Waals surface area (Å²) in [5, 5.41) is 0. The molecule has 0 fully saturated rings. The van der Waals surface area contributed by atoms with Gasteiger partial charge in [-0.3, -0.25) is 0 Å². The van der Waals surface area contributed by atoms with E-state index in [0.717, 1.165) is 6.61 Å². The Hall–Kier alpha value is 0.674. The van der Waals surface area contributed by atoms with E-state index in [1.54, 1.807) is 0 Å². The summed E-state index contributed by atoms with van der Waals surface area (Å²) in [6, 6.07) is 0. The molecule has 0 aromatic rings. The molecule has 0 unspecified atom stereocenters. The van der Waals surface area contributed by atoms with Crippen LogP contribution in [-0.2, 0) is 22.9 Å². The predicted molar refractivity (Wildman–Crippen MR) is 49.8 cm³/mol. The van der Waals surface area contributed by atoms with Gasteiger partial charge in [-0.1, -0.05) is 0 Å². The molecule has 72 valence electrons. The van der Waals surface area contributed by atoms with Gasteiger partial charge in [0.1, 0.15) is 0 Å². The SMILES string of the molecule is CCCCCCC[CH2][Ti][O]CC. The van der Waals surface area contributed by atoms with Crippen LogP contribution in [0.5, 0.6) is 0 Å². The zero-order chi connectivity index (χ0) is 9.07. The fourth-order valence-corrected chi connectivity index (χ4v) is 2.31.